The zero-order chi connectivity index (χ0) is 16.0. The van der Waals surface area contributed by atoms with E-state index in [1.54, 1.807) is 43.5 Å². The Labute approximate surface area is 135 Å². The summed E-state index contributed by atoms with van der Waals surface area (Å²) >= 11 is 6.17. The molecule has 0 fully saturated rings. The lowest BCUT2D eigenvalue weighted by Gasteiger charge is -2.03. The molecule has 0 aliphatic carbocycles. The van der Waals surface area contributed by atoms with E-state index in [1.807, 2.05) is 0 Å². The van der Waals surface area contributed by atoms with Gasteiger partial charge in [-0.1, -0.05) is 12.1 Å². The van der Waals surface area contributed by atoms with Gasteiger partial charge in [0.25, 0.3) is 0 Å². The molecule has 0 saturated carbocycles. The third-order valence-corrected chi connectivity index (χ3v) is 3.80. The van der Waals surface area contributed by atoms with Gasteiger partial charge in [0.1, 0.15) is 11.6 Å². The third kappa shape index (κ3) is 2.19. The number of halogens is 2. The summed E-state index contributed by atoms with van der Waals surface area (Å²) in [5.74, 6) is 0.524. The number of aromatic nitrogens is 4. The Morgan fingerprint density at radius 1 is 1.13 bits per heavy atom. The molecule has 0 N–H and O–H groups in total. The number of hydrogen-bond donors (Lipinski definition) is 0. The number of fused-ring (bicyclic) bond motifs is 3. The van der Waals surface area contributed by atoms with E-state index in [0.29, 0.717) is 22.5 Å². The molecule has 0 radical (unpaired) electrons. The molecule has 2 heterocycles. The molecule has 2 aromatic carbocycles. The largest absolute Gasteiger partial charge is 0.497 e. The van der Waals surface area contributed by atoms with E-state index in [-0.39, 0.29) is 11.1 Å². The molecule has 0 aliphatic rings. The molecule has 4 aromatic rings. The van der Waals surface area contributed by atoms with Crippen LogP contribution in [0.15, 0.2) is 42.5 Å². The van der Waals surface area contributed by atoms with Gasteiger partial charge < -0.3 is 4.74 Å². The third-order valence-electron chi connectivity index (χ3n) is 3.55. The molecule has 0 spiro atoms. The van der Waals surface area contributed by atoms with Crippen LogP contribution in [0.2, 0.25) is 5.28 Å². The predicted molar refractivity (Wildman–Crippen MR) is 85.2 cm³/mol. The second-order valence-electron chi connectivity index (χ2n) is 4.91. The van der Waals surface area contributed by atoms with Crippen LogP contribution in [0.3, 0.4) is 0 Å². The van der Waals surface area contributed by atoms with Gasteiger partial charge in [0, 0.05) is 5.39 Å². The average Bonchev–Trinajstić information content (AvgIpc) is 3.01. The highest BCUT2D eigenvalue weighted by Crippen LogP contribution is 2.27. The van der Waals surface area contributed by atoms with Gasteiger partial charge in [0.2, 0.25) is 5.28 Å². The van der Waals surface area contributed by atoms with Crippen LogP contribution in [-0.4, -0.2) is 26.7 Å². The van der Waals surface area contributed by atoms with E-state index in [2.05, 4.69) is 15.1 Å². The molecule has 0 aliphatic heterocycles. The van der Waals surface area contributed by atoms with Gasteiger partial charge in [-0.15, -0.1) is 5.10 Å². The van der Waals surface area contributed by atoms with Gasteiger partial charge in [-0.05, 0) is 41.9 Å². The maximum Gasteiger partial charge on any atom is 0.226 e. The van der Waals surface area contributed by atoms with Crippen LogP contribution in [0.1, 0.15) is 0 Å². The number of hydrogen-bond acceptors (Lipinski definition) is 4. The second-order valence-corrected chi connectivity index (χ2v) is 5.25. The minimum atomic E-state index is -0.394. The molecule has 0 saturated heterocycles. The van der Waals surface area contributed by atoms with Crippen molar-refractivity contribution in [2.45, 2.75) is 0 Å². The number of methoxy groups -OCH3 is 1. The highest BCUT2D eigenvalue weighted by atomic mass is 35.5. The number of rotatable bonds is 2. The van der Waals surface area contributed by atoms with Gasteiger partial charge in [-0.2, -0.15) is 4.52 Å². The highest BCUT2D eigenvalue weighted by molar-refractivity contribution is 6.29. The summed E-state index contributed by atoms with van der Waals surface area (Å²) in [5, 5.41) is 5.16. The fourth-order valence-electron chi connectivity index (χ4n) is 2.44. The van der Waals surface area contributed by atoms with E-state index in [0.717, 1.165) is 5.39 Å². The second kappa shape index (κ2) is 5.17. The smallest absolute Gasteiger partial charge is 0.226 e. The molecule has 0 amide bonds. The minimum Gasteiger partial charge on any atom is -0.497 e. The van der Waals surface area contributed by atoms with Crippen molar-refractivity contribution < 1.29 is 9.13 Å². The van der Waals surface area contributed by atoms with Crippen LogP contribution in [0.4, 0.5) is 4.39 Å². The SMILES string of the molecule is COc1ccc2nc(Cl)n3nc(-c4ccccc4F)nc3c2c1. The molecule has 0 bridgehead atoms. The first-order chi connectivity index (χ1) is 11.2. The van der Waals surface area contributed by atoms with Crippen molar-refractivity contribution >= 4 is 28.2 Å². The first-order valence-electron chi connectivity index (χ1n) is 6.82. The Morgan fingerprint density at radius 2 is 1.96 bits per heavy atom. The summed E-state index contributed by atoms with van der Waals surface area (Å²) < 4.78 is 20.6. The lowest BCUT2D eigenvalue weighted by Crippen LogP contribution is -1.95. The molecule has 0 atom stereocenters. The van der Waals surface area contributed by atoms with Gasteiger partial charge >= 0.3 is 0 Å². The molecule has 7 heteroatoms. The molecule has 23 heavy (non-hydrogen) atoms. The fraction of sp³-hybridized carbons (Fsp3) is 0.0625. The number of ether oxygens (including phenoxy) is 1. The van der Waals surface area contributed by atoms with E-state index < -0.39 is 5.82 Å². The average molecular weight is 329 g/mol. The van der Waals surface area contributed by atoms with Crippen molar-refractivity contribution in [3.05, 3.63) is 53.6 Å². The summed E-state index contributed by atoms with van der Waals surface area (Å²) in [6.07, 6.45) is 0. The van der Waals surface area contributed by atoms with Crippen LogP contribution in [0, 0.1) is 5.82 Å². The minimum absolute atomic E-state index is 0.160. The van der Waals surface area contributed by atoms with Crippen molar-refractivity contribution in [1.82, 2.24) is 19.6 Å². The van der Waals surface area contributed by atoms with E-state index in [9.17, 15) is 4.39 Å². The van der Waals surface area contributed by atoms with Crippen LogP contribution >= 0.6 is 11.6 Å². The maximum atomic E-state index is 14.0. The van der Waals surface area contributed by atoms with E-state index in [4.69, 9.17) is 16.3 Å². The lowest BCUT2D eigenvalue weighted by atomic mass is 10.2. The summed E-state index contributed by atoms with van der Waals surface area (Å²) in [7, 11) is 1.58. The molecule has 2 aromatic heterocycles. The van der Waals surface area contributed by atoms with Crippen LogP contribution in [-0.2, 0) is 0 Å². The zero-order valence-corrected chi connectivity index (χ0v) is 12.8. The standard InChI is InChI=1S/C16H10ClFN4O/c1-23-9-6-7-13-11(8-9)15-20-14(21-22(15)16(17)19-13)10-4-2-3-5-12(10)18/h2-8H,1H3. The molecule has 4 rings (SSSR count). The molecule has 0 unspecified atom stereocenters. The molecular weight excluding hydrogens is 319 g/mol. The Kier molecular flexibility index (Phi) is 3.12. The zero-order valence-electron chi connectivity index (χ0n) is 12.0. The van der Waals surface area contributed by atoms with Gasteiger partial charge in [0.05, 0.1) is 18.2 Å². The summed E-state index contributed by atoms with van der Waals surface area (Å²) in [5.41, 5.74) is 1.47. The summed E-state index contributed by atoms with van der Waals surface area (Å²) in [6, 6.07) is 11.7. The van der Waals surface area contributed by atoms with Crippen LogP contribution in [0.5, 0.6) is 5.75 Å². The highest BCUT2D eigenvalue weighted by Gasteiger charge is 2.16. The van der Waals surface area contributed by atoms with Gasteiger partial charge in [0.15, 0.2) is 11.5 Å². The predicted octanol–water partition coefficient (Wildman–Crippen LogP) is 3.75. The van der Waals surface area contributed by atoms with Gasteiger partial charge in [-0.3, -0.25) is 0 Å². The molecule has 5 nitrogen and oxygen atoms in total. The summed E-state index contributed by atoms with van der Waals surface area (Å²) in [6.45, 7) is 0. The Morgan fingerprint density at radius 3 is 2.74 bits per heavy atom. The fourth-order valence-corrected chi connectivity index (χ4v) is 2.65. The van der Waals surface area contributed by atoms with Crippen molar-refractivity contribution in [2.24, 2.45) is 0 Å². The molecular formula is C16H10ClFN4O. The number of nitrogens with zero attached hydrogens (tertiary/aromatic N) is 4. The topological polar surface area (TPSA) is 52.3 Å². The first-order valence-corrected chi connectivity index (χ1v) is 7.20. The first kappa shape index (κ1) is 13.9. The maximum absolute atomic E-state index is 14.0. The van der Waals surface area contributed by atoms with Crippen LogP contribution < -0.4 is 4.74 Å². The van der Waals surface area contributed by atoms with Crippen LogP contribution in [0.25, 0.3) is 27.9 Å². The Bertz CT molecular complexity index is 1050. The molecule has 114 valence electrons. The van der Waals surface area contributed by atoms with Gasteiger partial charge in [-0.25, -0.2) is 14.4 Å². The number of benzene rings is 2. The monoisotopic (exact) mass is 328 g/mol. The van der Waals surface area contributed by atoms with Crippen molar-refractivity contribution in [2.75, 3.05) is 7.11 Å². The van der Waals surface area contributed by atoms with Crippen molar-refractivity contribution in [1.29, 1.82) is 0 Å². The van der Waals surface area contributed by atoms with Crippen molar-refractivity contribution in [3.63, 3.8) is 0 Å². The van der Waals surface area contributed by atoms with E-state index in [1.165, 1.54) is 10.6 Å². The lowest BCUT2D eigenvalue weighted by molar-refractivity contribution is 0.415. The Hall–Kier alpha value is -2.73. The van der Waals surface area contributed by atoms with E-state index >= 15 is 0 Å². The summed E-state index contributed by atoms with van der Waals surface area (Å²) in [4.78, 5) is 8.73. The Balaban J connectivity index is 2.06. The quantitative estimate of drug-likeness (QED) is 0.526. The normalized spacial score (nSPS) is 11.3. The van der Waals surface area contributed by atoms with Crippen molar-refractivity contribution in [3.8, 4) is 17.1 Å².